The molecule has 5 heteroatoms. The standard InChI is InChI=1S/C17H19N2O2P/c1-12-11-19(13(2)20)17-9-8-15(10-16(12)17)22(21)18-14-6-4-3-5-7-14/h3-10,12,18,21H,11H2,1-2H3. The lowest BCUT2D eigenvalue weighted by Gasteiger charge is -2.17. The predicted octanol–water partition coefficient (Wildman–Crippen LogP) is 3.20. The molecule has 2 N–H and O–H groups in total. The fourth-order valence-electron chi connectivity index (χ4n) is 2.78. The van der Waals surface area contributed by atoms with Crippen molar-refractivity contribution in [1.82, 2.24) is 0 Å². The van der Waals surface area contributed by atoms with Gasteiger partial charge in [0.15, 0.2) is 8.30 Å². The SMILES string of the molecule is CC(=O)N1CC(C)c2cc(P(O)Nc3ccccc3)ccc21. The van der Waals surface area contributed by atoms with Crippen LogP contribution in [0.5, 0.6) is 0 Å². The average molecular weight is 314 g/mol. The van der Waals surface area contributed by atoms with Crippen molar-refractivity contribution in [3.63, 3.8) is 0 Å². The van der Waals surface area contributed by atoms with E-state index < -0.39 is 8.30 Å². The molecule has 0 aliphatic carbocycles. The van der Waals surface area contributed by atoms with Crippen molar-refractivity contribution in [2.45, 2.75) is 19.8 Å². The molecular weight excluding hydrogens is 295 g/mol. The molecule has 1 amide bonds. The Morgan fingerprint density at radius 1 is 1.27 bits per heavy atom. The second-order valence-electron chi connectivity index (χ2n) is 5.56. The zero-order valence-corrected chi connectivity index (χ0v) is 13.5. The molecule has 1 aliphatic heterocycles. The third-order valence-electron chi connectivity index (χ3n) is 3.92. The highest BCUT2D eigenvalue weighted by Crippen LogP contribution is 2.38. The Balaban J connectivity index is 1.85. The number of hydrogen-bond donors (Lipinski definition) is 2. The molecule has 2 unspecified atom stereocenters. The fourth-order valence-corrected chi connectivity index (χ4v) is 3.78. The van der Waals surface area contributed by atoms with E-state index in [1.807, 2.05) is 48.5 Å². The van der Waals surface area contributed by atoms with Gasteiger partial charge in [-0.25, -0.2) is 0 Å². The van der Waals surface area contributed by atoms with Crippen LogP contribution in [0.3, 0.4) is 0 Å². The van der Waals surface area contributed by atoms with Crippen LogP contribution in [-0.4, -0.2) is 17.3 Å². The van der Waals surface area contributed by atoms with Gasteiger partial charge in [0, 0.05) is 36.1 Å². The van der Waals surface area contributed by atoms with E-state index in [1.54, 1.807) is 11.8 Å². The van der Waals surface area contributed by atoms with E-state index in [0.717, 1.165) is 22.2 Å². The van der Waals surface area contributed by atoms with Crippen molar-refractivity contribution in [2.75, 3.05) is 16.5 Å². The number of rotatable bonds is 3. The van der Waals surface area contributed by atoms with Crippen LogP contribution in [-0.2, 0) is 4.79 Å². The zero-order chi connectivity index (χ0) is 15.7. The van der Waals surface area contributed by atoms with Crippen molar-refractivity contribution in [1.29, 1.82) is 0 Å². The molecule has 2 atom stereocenters. The van der Waals surface area contributed by atoms with Gasteiger partial charge in [0.1, 0.15) is 0 Å². The molecule has 3 rings (SSSR count). The molecule has 1 heterocycles. The van der Waals surface area contributed by atoms with E-state index in [2.05, 4.69) is 12.0 Å². The van der Waals surface area contributed by atoms with Gasteiger partial charge in [0.25, 0.3) is 0 Å². The normalized spacial score (nSPS) is 18.0. The van der Waals surface area contributed by atoms with Crippen molar-refractivity contribution >= 4 is 30.9 Å². The summed E-state index contributed by atoms with van der Waals surface area (Å²) in [5.41, 5.74) is 2.99. The monoisotopic (exact) mass is 314 g/mol. The lowest BCUT2D eigenvalue weighted by molar-refractivity contribution is -0.116. The molecule has 22 heavy (non-hydrogen) atoms. The number of amides is 1. The van der Waals surface area contributed by atoms with E-state index in [0.29, 0.717) is 12.5 Å². The smallest absolute Gasteiger partial charge is 0.223 e. The Hall–Kier alpha value is -1.90. The first kappa shape index (κ1) is 15.0. The number of carbonyl (C=O) groups is 1. The minimum absolute atomic E-state index is 0.0621. The molecule has 2 aromatic carbocycles. The van der Waals surface area contributed by atoms with Crippen LogP contribution in [0, 0.1) is 0 Å². The fraction of sp³-hybridized carbons (Fsp3) is 0.235. The largest absolute Gasteiger partial charge is 0.351 e. The molecule has 0 radical (unpaired) electrons. The molecule has 0 aromatic heterocycles. The van der Waals surface area contributed by atoms with Gasteiger partial charge in [-0.3, -0.25) is 4.79 Å². The van der Waals surface area contributed by atoms with Crippen molar-refractivity contribution in [3.05, 3.63) is 54.1 Å². The van der Waals surface area contributed by atoms with Gasteiger partial charge in [-0.15, -0.1) is 0 Å². The molecule has 2 aromatic rings. The van der Waals surface area contributed by atoms with Gasteiger partial charge in [-0.1, -0.05) is 25.1 Å². The number of hydrogen-bond acceptors (Lipinski definition) is 3. The first-order valence-electron chi connectivity index (χ1n) is 7.29. The Morgan fingerprint density at radius 3 is 2.68 bits per heavy atom. The van der Waals surface area contributed by atoms with Gasteiger partial charge >= 0.3 is 0 Å². The molecule has 0 fully saturated rings. The highest BCUT2D eigenvalue weighted by molar-refractivity contribution is 7.61. The summed E-state index contributed by atoms with van der Waals surface area (Å²) in [4.78, 5) is 23.9. The van der Waals surface area contributed by atoms with Crippen LogP contribution in [0.15, 0.2) is 48.5 Å². The summed E-state index contributed by atoms with van der Waals surface area (Å²) in [6.45, 7) is 4.41. The Kier molecular flexibility index (Phi) is 4.14. The number of nitrogens with one attached hydrogen (secondary N) is 1. The van der Waals surface area contributed by atoms with E-state index in [4.69, 9.17) is 0 Å². The van der Waals surface area contributed by atoms with Gasteiger partial charge in [-0.05, 0) is 35.9 Å². The van der Waals surface area contributed by atoms with Crippen molar-refractivity contribution < 1.29 is 9.69 Å². The molecule has 0 bridgehead atoms. The summed E-state index contributed by atoms with van der Waals surface area (Å²) in [6, 6.07) is 15.5. The first-order valence-corrected chi connectivity index (χ1v) is 8.58. The van der Waals surface area contributed by atoms with Crippen molar-refractivity contribution in [3.8, 4) is 0 Å². The Bertz CT molecular complexity index is 690. The first-order chi connectivity index (χ1) is 10.6. The van der Waals surface area contributed by atoms with Gasteiger partial charge in [0.2, 0.25) is 5.91 Å². The molecule has 114 valence electrons. The number of benzene rings is 2. The van der Waals surface area contributed by atoms with E-state index in [1.165, 1.54) is 0 Å². The summed E-state index contributed by atoms with van der Waals surface area (Å²) in [5.74, 6) is 0.353. The Labute approximate surface area is 131 Å². The topological polar surface area (TPSA) is 52.6 Å². The summed E-state index contributed by atoms with van der Waals surface area (Å²) in [5, 5.41) is 4.01. The summed E-state index contributed by atoms with van der Waals surface area (Å²) in [7, 11) is -1.46. The minimum atomic E-state index is -1.46. The third-order valence-corrected chi connectivity index (χ3v) is 5.16. The van der Waals surface area contributed by atoms with Crippen LogP contribution < -0.4 is 15.3 Å². The number of carbonyl (C=O) groups excluding carboxylic acids is 1. The maximum absolute atomic E-state index is 11.7. The summed E-state index contributed by atoms with van der Waals surface area (Å²) < 4.78 is 0. The zero-order valence-electron chi connectivity index (χ0n) is 12.7. The molecule has 4 nitrogen and oxygen atoms in total. The van der Waals surface area contributed by atoms with Crippen LogP contribution in [0.1, 0.15) is 25.3 Å². The molecule has 0 saturated heterocycles. The second-order valence-corrected chi connectivity index (χ2v) is 6.93. The minimum Gasteiger partial charge on any atom is -0.351 e. The number of fused-ring (bicyclic) bond motifs is 1. The second kappa shape index (κ2) is 6.07. The molecule has 0 spiro atoms. The lowest BCUT2D eigenvalue weighted by atomic mass is 10.0. The highest BCUT2D eigenvalue weighted by atomic mass is 31.2. The number of nitrogens with zero attached hydrogens (tertiary/aromatic N) is 1. The number of para-hydroxylation sites is 1. The van der Waals surface area contributed by atoms with Crippen molar-refractivity contribution in [2.24, 2.45) is 0 Å². The van der Waals surface area contributed by atoms with Gasteiger partial charge in [-0.2, -0.15) is 0 Å². The maximum Gasteiger partial charge on any atom is 0.223 e. The third kappa shape index (κ3) is 2.85. The number of anilines is 2. The lowest BCUT2D eigenvalue weighted by Crippen LogP contribution is -2.26. The van der Waals surface area contributed by atoms with Crippen LogP contribution in [0.4, 0.5) is 11.4 Å². The van der Waals surface area contributed by atoms with Crippen LogP contribution in [0.25, 0.3) is 0 Å². The van der Waals surface area contributed by atoms with Gasteiger partial charge in [0.05, 0.1) is 0 Å². The average Bonchev–Trinajstić information content (AvgIpc) is 2.85. The molecular formula is C17H19N2O2P. The van der Waals surface area contributed by atoms with E-state index in [-0.39, 0.29) is 5.91 Å². The van der Waals surface area contributed by atoms with E-state index in [9.17, 15) is 9.69 Å². The van der Waals surface area contributed by atoms with E-state index >= 15 is 0 Å². The quantitative estimate of drug-likeness (QED) is 0.856. The highest BCUT2D eigenvalue weighted by Gasteiger charge is 2.28. The van der Waals surface area contributed by atoms with Crippen LogP contribution >= 0.6 is 8.30 Å². The summed E-state index contributed by atoms with van der Waals surface area (Å²) in [6.07, 6.45) is 0. The predicted molar refractivity (Wildman–Crippen MR) is 91.7 cm³/mol. The summed E-state index contributed by atoms with van der Waals surface area (Å²) >= 11 is 0. The maximum atomic E-state index is 11.7. The van der Waals surface area contributed by atoms with Crippen LogP contribution in [0.2, 0.25) is 0 Å². The molecule has 1 aliphatic rings. The Morgan fingerprint density at radius 2 is 2.00 bits per heavy atom. The van der Waals surface area contributed by atoms with Gasteiger partial charge < -0.3 is 14.9 Å². The molecule has 0 saturated carbocycles.